The summed E-state index contributed by atoms with van der Waals surface area (Å²) < 4.78 is 5.19. The van der Waals surface area contributed by atoms with Crippen LogP contribution in [0.4, 0.5) is 0 Å². The number of carbonyl (C=O) groups excluding carboxylic acids is 2. The van der Waals surface area contributed by atoms with Gasteiger partial charge in [-0.25, -0.2) is 4.98 Å². The third kappa shape index (κ3) is 4.13. The molecule has 2 aromatic heterocycles. The Kier molecular flexibility index (Phi) is 5.78. The van der Waals surface area contributed by atoms with Crippen molar-refractivity contribution in [2.45, 2.75) is 10.6 Å². The van der Waals surface area contributed by atoms with Gasteiger partial charge in [0, 0.05) is 42.2 Å². The number of thiazole rings is 1. The number of nitrogens with zero attached hydrogens (tertiary/aromatic N) is 3. The van der Waals surface area contributed by atoms with Crippen molar-refractivity contribution >= 4 is 34.9 Å². The fourth-order valence-corrected chi connectivity index (χ4v) is 4.68. The standard InChI is InChI=1S/C20H19N3O3S2/c24-19(16-4-1-2-6-18(16)28-13-15-12-27-14-21-15)22-7-9-23(10-8-22)20(25)17-5-3-11-26-17/h1-6,11-12,14H,7-10,13H2. The molecule has 8 heteroatoms. The Morgan fingerprint density at radius 2 is 1.79 bits per heavy atom. The molecule has 0 bridgehead atoms. The molecule has 0 saturated carbocycles. The Labute approximate surface area is 171 Å². The Hall–Kier alpha value is -2.58. The van der Waals surface area contributed by atoms with Crippen molar-refractivity contribution in [2.24, 2.45) is 0 Å². The second-order valence-corrected chi connectivity index (χ2v) is 8.06. The molecular formula is C20H19N3O3S2. The number of carbonyl (C=O) groups is 2. The van der Waals surface area contributed by atoms with Gasteiger partial charge < -0.3 is 14.2 Å². The van der Waals surface area contributed by atoms with Crippen LogP contribution in [0.3, 0.4) is 0 Å². The van der Waals surface area contributed by atoms with Gasteiger partial charge in [-0.05, 0) is 24.3 Å². The monoisotopic (exact) mass is 413 g/mol. The van der Waals surface area contributed by atoms with E-state index in [0.717, 1.165) is 16.3 Å². The molecule has 4 rings (SSSR count). The van der Waals surface area contributed by atoms with E-state index in [1.807, 2.05) is 40.1 Å². The highest BCUT2D eigenvalue weighted by Crippen LogP contribution is 2.27. The van der Waals surface area contributed by atoms with Crippen LogP contribution in [0.1, 0.15) is 26.6 Å². The van der Waals surface area contributed by atoms with Gasteiger partial charge in [-0.1, -0.05) is 12.1 Å². The number of thioether (sulfide) groups is 1. The molecule has 1 aliphatic heterocycles. The first kappa shape index (κ1) is 18.8. The molecule has 28 heavy (non-hydrogen) atoms. The minimum absolute atomic E-state index is 0.00600. The van der Waals surface area contributed by atoms with Crippen molar-refractivity contribution in [2.75, 3.05) is 26.2 Å². The molecule has 6 nitrogen and oxygen atoms in total. The van der Waals surface area contributed by atoms with Crippen molar-refractivity contribution in [1.82, 2.24) is 14.8 Å². The number of aromatic nitrogens is 1. The number of hydrogen-bond acceptors (Lipinski definition) is 6. The zero-order valence-corrected chi connectivity index (χ0v) is 16.7. The topological polar surface area (TPSA) is 66.7 Å². The predicted molar refractivity (Wildman–Crippen MR) is 109 cm³/mol. The van der Waals surface area contributed by atoms with Crippen molar-refractivity contribution in [3.63, 3.8) is 0 Å². The first-order valence-corrected chi connectivity index (χ1v) is 10.9. The van der Waals surface area contributed by atoms with Crippen LogP contribution < -0.4 is 0 Å². The van der Waals surface area contributed by atoms with Crippen LogP contribution in [-0.4, -0.2) is 52.8 Å². The highest BCUT2D eigenvalue weighted by molar-refractivity contribution is 7.98. The lowest BCUT2D eigenvalue weighted by Crippen LogP contribution is -2.50. The van der Waals surface area contributed by atoms with Crippen LogP contribution in [-0.2, 0) is 5.75 Å². The van der Waals surface area contributed by atoms with E-state index in [0.29, 0.717) is 37.5 Å². The molecule has 0 N–H and O–H groups in total. The second-order valence-electron chi connectivity index (χ2n) is 6.33. The van der Waals surface area contributed by atoms with E-state index in [2.05, 4.69) is 4.98 Å². The quantitative estimate of drug-likeness (QED) is 0.598. The van der Waals surface area contributed by atoms with Crippen LogP contribution in [0.25, 0.3) is 0 Å². The van der Waals surface area contributed by atoms with Crippen molar-refractivity contribution < 1.29 is 14.0 Å². The van der Waals surface area contributed by atoms with E-state index in [1.54, 1.807) is 40.1 Å². The molecule has 1 aliphatic rings. The number of rotatable bonds is 5. The Bertz CT molecular complexity index is 934. The number of furan rings is 1. The Morgan fingerprint density at radius 1 is 1.04 bits per heavy atom. The molecule has 0 spiro atoms. The van der Waals surface area contributed by atoms with Gasteiger partial charge in [0.2, 0.25) is 0 Å². The summed E-state index contributed by atoms with van der Waals surface area (Å²) in [6.07, 6.45) is 1.49. The van der Waals surface area contributed by atoms with E-state index in [9.17, 15) is 9.59 Å². The van der Waals surface area contributed by atoms with Gasteiger partial charge in [0.05, 0.1) is 23.0 Å². The number of amides is 2. The largest absolute Gasteiger partial charge is 0.459 e. The van der Waals surface area contributed by atoms with E-state index in [1.165, 1.54) is 6.26 Å². The Morgan fingerprint density at radius 3 is 2.46 bits per heavy atom. The molecule has 3 aromatic rings. The van der Waals surface area contributed by atoms with E-state index in [-0.39, 0.29) is 11.8 Å². The summed E-state index contributed by atoms with van der Waals surface area (Å²) in [4.78, 5) is 34.2. The maximum absolute atomic E-state index is 13.1. The molecule has 0 radical (unpaired) electrons. The lowest BCUT2D eigenvalue weighted by molar-refractivity contribution is 0.0516. The zero-order valence-electron chi connectivity index (χ0n) is 15.1. The van der Waals surface area contributed by atoms with E-state index in [4.69, 9.17) is 4.42 Å². The maximum Gasteiger partial charge on any atom is 0.289 e. The number of benzene rings is 1. The molecule has 2 amide bonds. The highest BCUT2D eigenvalue weighted by Gasteiger charge is 2.27. The summed E-state index contributed by atoms with van der Waals surface area (Å²) >= 11 is 3.19. The van der Waals surface area contributed by atoms with Gasteiger partial charge in [-0.15, -0.1) is 23.1 Å². The summed E-state index contributed by atoms with van der Waals surface area (Å²) in [5.41, 5.74) is 3.53. The molecule has 3 heterocycles. The first-order valence-electron chi connectivity index (χ1n) is 8.93. The fraction of sp³-hybridized carbons (Fsp3) is 0.250. The maximum atomic E-state index is 13.1. The van der Waals surface area contributed by atoms with Crippen molar-refractivity contribution in [3.05, 3.63) is 70.6 Å². The first-order chi connectivity index (χ1) is 13.7. The summed E-state index contributed by atoms with van der Waals surface area (Å²) in [6, 6.07) is 11.0. The SMILES string of the molecule is O=C(c1ccco1)N1CCN(C(=O)c2ccccc2SCc2cscn2)CC1. The van der Waals surface area contributed by atoms with Crippen molar-refractivity contribution in [1.29, 1.82) is 0 Å². The summed E-state index contributed by atoms with van der Waals surface area (Å²) in [5.74, 6) is 0.950. The van der Waals surface area contributed by atoms with Crippen LogP contribution in [0.2, 0.25) is 0 Å². The Balaban J connectivity index is 1.39. The van der Waals surface area contributed by atoms with Crippen LogP contribution in [0.5, 0.6) is 0 Å². The number of hydrogen-bond donors (Lipinski definition) is 0. The molecular weight excluding hydrogens is 394 g/mol. The van der Waals surface area contributed by atoms with Gasteiger partial charge in [0.15, 0.2) is 5.76 Å². The van der Waals surface area contributed by atoms with E-state index >= 15 is 0 Å². The van der Waals surface area contributed by atoms with Gasteiger partial charge in [0.25, 0.3) is 11.8 Å². The molecule has 1 aromatic carbocycles. The molecule has 1 fully saturated rings. The summed E-state index contributed by atoms with van der Waals surface area (Å²) in [5, 5.41) is 2.02. The predicted octanol–water partition coefficient (Wildman–Crippen LogP) is 3.63. The lowest BCUT2D eigenvalue weighted by atomic mass is 10.1. The normalized spacial score (nSPS) is 14.3. The highest BCUT2D eigenvalue weighted by atomic mass is 32.2. The van der Waals surface area contributed by atoms with Crippen LogP contribution in [0.15, 0.2) is 62.9 Å². The van der Waals surface area contributed by atoms with Gasteiger partial charge in [0.1, 0.15) is 0 Å². The average molecular weight is 414 g/mol. The number of piperazine rings is 1. The third-order valence-corrected chi connectivity index (χ3v) is 6.30. The van der Waals surface area contributed by atoms with Gasteiger partial charge >= 0.3 is 0 Å². The summed E-state index contributed by atoms with van der Waals surface area (Å²) in [7, 11) is 0. The second kappa shape index (κ2) is 8.62. The van der Waals surface area contributed by atoms with Crippen LogP contribution >= 0.6 is 23.1 Å². The van der Waals surface area contributed by atoms with Gasteiger partial charge in [-0.2, -0.15) is 0 Å². The third-order valence-electron chi connectivity index (χ3n) is 4.56. The smallest absolute Gasteiger partial charge is 0.289 e. The minimum atomic E-state index is -0.128. The lowest BCUT2D eigenvalue weighted by Gasteiger charge is -2.34. The molecule has 0 atom stereocenters. The average Bonchev–Trinajstić information content (AvgIpc) is 3.46. The minimum Gasteiger partial charge on any atom is -0.459 e. The van der Waals surface area contributed by atoms with E-state index < -0.39 is 0 Å². The molecule has 0 unspecified atom stereocenters. The fourth-order valence-electron chi connectivity index (χ4n) is 3.07. The molecule has 144 valence electrons. The zero-order chi connectivity index (χ0) is 19.3. The van der Waals surface area contributed by atoms with Crippen LogP contribution in [0, 0.1) is 0 Å². The summed E-state index contributed by atoms with van der Waals surface area (Å²) in [6.45, 7) is 2.02. The van der Waals surface area contributed by atoms with Crippen molar-refractivity contribution in [3.8, 4) is 0 Å². The molecule has 0 aliphatic carbocycles. The van der Waals surface area contributed by atoms with Gasteiger partial charge in [-0.3, -0.25) is 9.59 Å². The molecule has 1 saturated heterocycles.